The number of aliphatic imine (C=N–C) groups is 1. The number of phenolic OH excluding ortho intramolecular Hbond substituents is 1. The maximum Gasteiger partial charge on any atom is 0.387 e. The number of nitrogens with one attached hydrogen (secondary N) is 1. The number of rotatable bonds is 5. The molecule has 25 heavy (non-hydrogen) atoms. The van der Waals surface area contributed by atoms with Crippen molar-refractivity contribution in [2.45, 2.75) is 13.2 Å². The van der Waals surface area contributed by atoms with Gasteiger partial charge in [-0.05, 0) is 69.1 Å². The molecule has 4 nitrogen and oxygen atoms in total. The van der Waals surface area contributed by atoms with Crippen LogP contribution in [0.25, 0.3) is 5.57 Å². The van der Waals surface area contributed by atoms with Gasteiger partial charge in [-0.15, -0.1) is 0 Å². The topological polar surface area (TPSA) is 53.8 Å². The van der Waals surface area contributed by atoms with Crippen molar-refractivity contribution >= 4 is 34.4 Å². The summed E-state index contributed by atoms with van der Waals surface area (Å²) in [5.74, 6) is -0.545. The number of fused-ring (bicyclic) bond motifs is 1. The minimum Gasteiger partial charge on any atom is -0.504 e. The van der Waals surface area contributed by atoms with Crippen molar-refractivity contribution in [3.8, 4) is 11.5 Å². The predicted molar refractivity (Wildman–Crippen MR) is 101 cm³/mol. The molecule has 0 radical (unpaired) electrons. The van der Waals surface area contributed by atoms with E-state index in [-0.39, 0.29) is 11.5 Å². The molecule has 130 valence electrons. The average molecular weight is 456 g/mol. The van der Waals surface area contributed by atoms with Crippen molar-refractivity contribution in [2.75, 3.05) is 6.54 Å². The predicted octanol–water partition coefficient (Wildman–Crippen LogP) is 4.16. The highest BCUT2D eigenvalue weighted by Crippen LogP contribution is 2.28. The van der Waals surface area contributed by atoms with Crippen molar-refractivity contribution < 1.29 is 18.6 Å². The van der Waals surface area contributed by atoms with Crippen LogP contribution in [0.15, 0.2) is 47.6 Å². The Morgan fingerprint density at radius 3 is 2.88 bits per heavy atom. The van der Waals surface area contributed by atoms with E-state index in [1.807, 2.05) is 24.5 Å². The Hall–Kier alpha value is -2.16. The van der Waals surface area contributed by atoms with Gasteiger partial charge in [0.05, 0.1) is 6.54 Å². The fraction of sp³-hybridized carbons (Fsp3) is 0.167. The van der Waals surface area contributed by atoms with Crippen LogP contribution in [0, 0.1) is 3.57 Å². The summed E-state index contributed by atoms with van der Waals surface area (Å²) >= 11 is 2.27. The van der Waals surface area contributed by atoms with E-state index in [9.17, 15) is 13.9 Å². The Morgan fingerprint density at radius 1 is 1.28 bits per heavy atom. The average Bonchev–Trinajstić information content (AvgIpc) is 2.57. The van der Waals surface area contributed by atoms with Crippen LogP contribution in [0.5, 0.6) is 11.5 Å². The molecular weight excluding hydrogens is 441 g/mol. The summed E-state index contributed by atoms with van der Waals surface area (Å²) in [6, 6.07) is 10.5. The lowest BCUT2D eigenvalue weighted by molar-refractivity contribution is -0.0512. The second kappa shape index (κ2) is 7.81. The maximum atomic E-state index is 12.2. The highest BCUT2D eigenvalue weighted by Gasteiger charge is 2.12. The van der Waals surface area contributed by atoms with E-state index in [4.69, 9.17) is 0 Å². The van der Waals surface area contributed by atoms with E-state index in [1.54, 1.807) is 6.07 Å². The van der Waals surface area contributed by atoms with Crippen LogP contribution in [0.2, 0.25) is 0 Å². The Balaban J connectivity index is 1.69. The molecule has 0 atom stereocenters. The van der Waals surface area contributed by atoms with Crippen molar-refractivity contribution in [3.05, 3.63) is 62.9 Å². The number of phenols is 1. The molecule has 1 aliphatic rings. The van der Waals surface area contributed by atoms with E-state index in [0.29, 0.717) is 13.1 Å². The van der Waals surface area contributed by atoms with Crippen LogP contribution in [0.1, 0.15) is 16.7 Å². The van der Waals surface area contributed by atoms with Crippen LogP contribution in [-0.2, 0) is 6.54 Å². The van der Waals surface area contributed by atoms with Gasteiger partial charge in [0.1, 0.15) is 0 Å². The summed E-state index contributed by atoms with van der Waals surface area (Å²) in [5.41, 5.74) is 4.03. The summed E-state index contributed by atoms with van der Waals surface area (Å²) in [6.07, 6.45) is 3.76. The standard InChI is InChI=1S/C18H15F2IN2O2/c19-18(20)25-17-4-1-11(5-16(17)24)7-22-9-13-10-23-8-12-2-3-14(21)6-15(12)13/h1-6,8-9,18,22,24H,7,10H2. The van der Waals surface area contributed by atoms with Crippen LogP contribution < -0.4 is 10.1 Å². The van der Waals surface area contributed by atoms with Crippen molar-refractivity contribution in [1.82, 2.24) is 5.32 Å². The van der Waals surface area contributed by atoms with Crippen molar-refractivity contribution in [3.63, 3.8) is 0 Å². The quantitative estimate of drug-likeness (QED) is 0.665. The summed E-state index contributed by atoms with van der Waals surface area (Å²) in [6.45, 7) is -1.93. The number of halogens is 3. The van der Waals surface area contributed by atoms with Gasteiger partial charge in [-0.25, -0.2) is 0 Å². The lowest BCUT2D eigenvalue weighted by Crippen LogP contribution is -2.10. The van der Waals surface area contributed by atoms with E-state index < -0.39 is 6.61 Å². The molecule has 0 unspecified atom stereocenters. The number of nitrogens with zero attached hydrogens (tertiary/aromatic N) is 1. The first kappa shape index (κ1) is 17.7. The second-order valence-electron chi connectivity index (χ2n) is 5.43. The summed E-state index contributed by atoms with van der Waals surface area (Å²) in [7, 11) is 0. The van der Waals surface area contributed by atoms with Gasteiger partial charge >= 0.3 is 6.61 Å². The molecule has 1 aliphatic heterocycles. The van der Waals surface area contributed by atoms with Gasteiger partial charge in [0.15, 0.2) is 11.5 Å². The fourth-order valence-electron chi connectivity index (χ4n) is 2.53. The first-order valence-electron chi connectivity index (χ1n) is 7.52. The van der Waals surface area contributed by atoms with Gasteiger partial charge in [-0.3, -0.25) is 4.99 Å². The smallest absolute Gasteiger partial charge is 0.387 e. The molecule has 0 amide bonds. The van der Waals surface area contributed by atoms with E-state index in [1.165, 1.54) is 12.1 Å². The first-order valence-corrected chi connectivity index (χ1v) is 8.59. The largest absolute Gasteiger partial charge is 0.504 e. The molecule has 0 fully saturated rings. The molecule has 2 aromatic carbocycles. The summed E-state index contributed by atoms with van der Waals surface area (Å²) in [4.78, 5) is 4.35. The Bertz CT molecular complexity index is 838. The third-order valence-corrected chi connectivity index (χ3v) is 4.35. The van der Waals surface area contributed by atoms with E-state index in [0.717, 1.165) is 25.8 Å². The van der Waals surface area contributed by atoms with Crippen molar-refractivity contribution in [2.24, 2.45) is 4.99 Å². The Labute approximate surface area is 157 Å². The molecule has 0 bridgehead atoms. The van der Waals surface area contributed by atoms with Gasteiger partial charge in [0.25, 0.3) is 0 Å². The lowest BCUT2D eigenvalue weighted by atomic mass is 9.99. The monoisotopic (exact) mass is 456 g/mol. The van der Waals surface area contributed by atoms with Crippen LogP contribution in [0.3, 0.4) is 0 Å². The Kier molecular flexibility index (Phi) is 5.52. The normalized spacial score (nSPS) is 14.6. The maximum absolute atomic E-state index is 12.2. The number of benzene rings is 2. The lowest BCUT2D eigenvalue weighted by Gasteiger charge is -2.15. The van der Waals surface area contributed by atoms with E-state index >= 15 is 0 Å². The van der Waals surface area contributed by atoms with Gasteiger partial charge < -0.3 is 15.2 Å². The third kappa shape index (κ3) is 4.47. The second-order valence-corrected chi connectivity index (χ2v) is 6.68. The molecule has 2 N–H and O–H groups in total. The summed E-state index contributed by atoms with van der Waals surface area (Å²) < 4.78 is 29.8. The number of hydrogen-bond donors (Lipinski definition) is 2. The van der Waals surface area contributed by atoms with Gasteiger partial charge in [-0.2, -0.15) is 8.78 Å². The van der Waals surface area contributed by atoms with Crippen molar-refractivity contribution in [1.29, 1.82) is 0 Å². The molecule has 1 heterocycles. The molecule has 0 saturated carbocycles. The molecule has 2 aromatic rings. The highest BCUT2D eigenvalue weighted by molar-refractivity contribution is 14.1. The van der Waals surface area contributed by atoms with Gasteiger partial charge in [0, 0.05) is 22.5 Å². The molecule has 0 aromatic heterocycles. The first-order chi connectivity index (χ1) is 12.0. The van der Waals surface area contributed by atoms with Crippen LogP contribution >= 0.6 is 22.6 Å². The molecular formula is C18H15F2IN2O2. The zero-order valence-electron chi connectivity index (χ0n) is 13.0. The van der Waals surface area contributed by atoms with Crippen LogP contribution in [-0.4, -0.2) is 24.5 Å². The number of aromatic hydroxyl groups is 1. The molecule has 3 rings (SSSR count). The summed E-state index contributed by atoms with van der Waals surface area (Å²) in [5, 5.41) is 12.9. The molecule has 0 saturated heterocycles. The molecule has 7 heteroatoms. The Morgan fingerprint density at radius 2 is 2.12 bits per heavy atom. The minimum absolute atomic E-state index is 0.234. The minimum atomic E-state index is -2.96. The number of alkyl halides is 2. The number of hydrogen-bond acceptors (Lipinski definition) is 4. The highest BCUT2D eigenvalue weighted by atomic mass is 127. The molecule has 0 spiro atoms. The van der Waals surface area contributed by atoms with Gasteiger partial charge in [0.2, 0.25) is 0 Å². The SMILES string of the molecule is Oc1cc(CNC=C2CN=Cc3ccc(I)cc32)ccc1OC(F)F. The van der Waals surface area contributed by atoms with Gasteiger partial charge in [-0.1, -0.05) is 12.1 Å². The van der Waals surface area contributed by atoms with E-state index in [2.05, 4.69) is 43.7 Å². The fourth-order valence-corrected chi connectivity index (χ4v) is 3.02. The zero-order valence-corrected chi connectivity index (χ0v) is 15.2. The zero-order chi connectivity index (χ0) is 17.8. The van der Waals surface area contributed by atoms with Crippen LogP contribution in [0.4, 0.5) is 8.78 Å². The number of ether oxygens (including phenoxy) is 1. The molecule has 0 aliphatic carbocycles. The third-order valence-electron chi connectivity index (χ3n) is 3.68.